The lowest BCUT2D eigenvalue weighted by Gasteiger charge is -2.35. The molecule has 0 aliphatic carbocycles. The van der Waals surface area contributed by atoms with Crippen molar-refractivity contribution in [2.45, 2.75) is 38.5 Å². The molecule has 1 N–H and O–H groups in total. The Morgan fingerprint density at radius 2 is 1.75 bits per heavy atom. The van der Waals surface area contributed by atoms with Gasteiger partial charge in [0.1, 0.15) is 0 Å². The number of carbonyl (C=O) groups excluding carboxylic acids is 2. The summed E-state index contributed by atoms with van der Waals surface area (Å²) in [5.41, 5.74) is 1.05. The second-order valence-corrected chi connectivity index (χ2v) is 9.44. The third kappa shape index (κ3) is 5.73. The van der Waals surface area contributed by atoms with Crippen molar-refractivity contribution in [3.8, 4) is 0 Å². The zero-order chi connectivity index (χ0) is 22.5. The van der Waals surface area contributed by atoms with Crippen LogP contribution in [-0.4, -0.2) is 47.9 Å². The highest BCUT2D eigenvalue weighted by Crippen LogP contribution is 2.31. The molecule has 32 heavy (non-hydrogen) atoms. The molecule has 2 saturated heterocycles. The molecule has 1 aromatic carbocycles. The summed E-state index contributed by atoms with van der Waals surface area (Å²) < 4.78 is 0. The van der Waals surface area contributed by atoms with E-state index < -0.39 is 0 Å². The number of nitrogens with zero attached hydrogens (tertiary/aromatic N) is 3. The first-order valence-electron chi connectivity index (χ1n) is 11.2. The summed E-state index contributed by atoms with van der Waals surface area (Å²) in [7, 11) is 0. The van der Waals surface area contributed by atoms with Gasteiger partial charge in [0.2, 0.25) is 5.91 Å². The maximum Gasteiger partial charge on any atom is 0.255 e. The van der Waals surface area contributed by atoms with E-state index in [1.54, 1.807) is 36.5 Å². The number of anilines is 2. The molecule has 2 aliphatic rings. The lowest BCUT2D eigenvalue weighted by atomic mass is 9.92. The molecule has 6 nitrogen and oxygen atoms in total. The van der Waals surface area contributed by atoms with Crippen molar-refractivity contribution in [2.75, 3.05) is 36.4 Å². The van der Waals surface area contributed by atoms with Gasteiger partial charge >= 0.3 is 0 Å². The van der Waals surface area contributed by atoms with Crippen LogP contribution in [-0.2, 0) is 4.79 Å². The van der Waals surface area contributed by atoms with E-state index in [-0.39, 0.29) is 5.91 Å². The number of carbonyl (C=O) groups is 2. The van der Waals surface area contributed by atoms with Crippen molar-refractivity contribution < 1.29 is 9.59 Å². The van der Waals surface area contributed by atoms with E-state index in [0.717, 1.165) is 51.9 Å². The Morgan fingerprint density at radius 3 is 2.47 bits per heavy atom. The molecule has 2 amide bonds. The van der Waals surface area contributed by atoms with E-state index in [9.17, 15) is 9.59 Å². The minimum atomic E-state index is -0.264. The minimum Gasteiger partial charge on any atom is -0.355 e. The van der Waals surface area contributed by atoms with Crippen LogP contribution >= 0.6 is 23.2 Å². The molecule has 0 unspecified atom stereocenters. The van der Waals surface area contributed by atoms with Crippen molar-refractivity contribution in [1.29, 1.82) is 0 Å². The predicted octanol–water partition coefficient (Wildman–Crippen LogP) is 5.26. The molecular formula is C24H28Cl2N4O2. The monoisotopic (exact) mass is 474 g/mol. The van der Waals surface area contributed by atoms with Crippen LogP contribution in [0.1, 0.15) is 48.9 Å². The van der Waals surface area contributed by atoms with E-state index in [4.69, 9.17) is 23.2 Å². The number of aromatic nitrogens is 1. The van der Waals surface area contributed by atoms with Gasteiger partial charge in [0.05, 0.1) is 10.7 Å². The molecule has 0 spiro atoms. The molecule has 3 heterocycles. The van der Waals surface area contributed by atoms with Crippen molar-refractivity contribution in [3.63, 3.8) is 0 Å². The average Bonchev–Trinajstić information content (AvgIpc) is 2.80. The van der Waals surface area contributed by atoms with Crippen LogP contribution < -0.4 is 10.2 Å². The largest absolute Gasteiger partial charge is 0.355 e. The van der Waals surface area contributed by atoms with Gasteiger partial charge in [-0.25, -0.2) is 4.98 Å². The van der Waals surface area contributed by atoms with E-state index in [2.05, 4.69) is 15.2 Å². The number of benzene rings is 1. The second-order valence-electron chi connectivity index (χ2n) is 8.57. The van der Waals surface area contributed by atoms with Crippen LogP contribution in [0.15, 0.2) is 36.5 Å². The van der Waals surface area contributed by atoms with Gasteiger partial charge in [-0.1, -0.05) is 29.3 Å². The molecular weight excluding hydrogens is 447 g/mol. The van der Waals surface area contributed by atoms with Crippen molar-refractivity contribution in [2.24, 2.45) is 5.92 Å². The van der Waals surface area contributed by atoms with Gasteiger partial charge in [0, 0.05) is 49.4 Å². The third-order valence-electron chi connectivity index (χ3n) is 6.25. The Balaban J connectivity index is 1.39. The van der Waals surface area contributed by atoms with Gasteiger partial charge < -0.3 is 15.1 Å². The summed E-state index contributed by atoms with van der Waals surface area (Å²) in [5.74, 6) is 1.12. The Kier molecular flexibility index (Phi) is 7.53. The molecule has 2 aromatic rings. The SMILES string of the molecule is O=C(Nc1cc(Cl)cnc1N1CCC(CC(=O)N2CCCCC2)CC1)c1cccc(Cl)c1. The normalized spacial score (nSPS) is 17.3. The zero-order valence-corrected chi connectivity index (χ0v) is 19.5. The standard InChI is InChI=1S/C24H28Cl2N4O2/c25-19-6-4-5-18(14-19)24(32)28-21-15-20(26)16-27-23(21)30-11-7-17(8-12-30)13-22(31)29-9-2-1-3-10-29/h4-6,14-17H,1-3,7-13H2,(H,28,32). The first-order valence-corrected chi connectivity index (χ1v) is 12.0. The summed E-state index contributed by atoms with van der Waals surface area (Å²) in [6.45, 7) is 3.38. The molecule has 170 valence electrons. The highest BCUT2D eigenvalue weighted by molar-refractivity contribution is 6.31. The van der Waals surface area contributed by atoms with Crippen LogP contribution in [0.3, 0.4) is 0 Å². The molecule has 0 bridgehead atoms. The van der Waals surface area contributed by atoms with Gasteiger partial charge in [-0.15, -0.1) is 0 Å². The van der Waals surface area contributed by atoms with Crippen molar-refractivity contribution in [3.05, 3.63) is 52.1 Å². The first kappa shape index (κ1) is 22.9. The van der Waals surface area contributed by atoms with Crippen LogP contribution in [0.2, 0.25) is 10.0 Å². The van der Waals surface area contributed by atoms with E-state index in [1.807, 2.05) is 4.90 Å². The van der Waals surface area contributed by atoms with Gasteiger partial charge in [0.15, 0.2) is 5.82 Å². The number of piperidine rings is 2. The summed E-state index contributed by atoms with van der Waals surface area (Å²) >= 11 is 12.2. The van der Waals surface area contributed by atoms with Crippen molar-refractivity contribution >= 4 is 46.5 Å². The molecule has 2 fully saturated rings. The number of hydrogen-bond donors (Lipinski definition) is 1. The topological polar surface area (TPSA) is 65.5 Å². The molecule has 8 heteroatoms. The van der Waals surface area contributed by atoms with Gasteiger partial charge in [-0.3, -0.25) is 9.59 Å². The number of likely N-dealkylation sites (tertiary alicyclic amines) is 1. The van der Waals surface area contributed by atoms with Gasteiger partial charge in [-0.05, 0) is 62.3 Å². The quantitative estimate of drug-likeness (QED) is 0.641. The number of rotatable bonds is 5. The molecule has 0 radical (unpaired) electrons. The number of nitrogens with one attached hydrogen (secondary N) is 1. The summed E-state index contributed by atoms with van der Waals surface area (Å²) in [6.07, 6.45) is 7.54. The van der Waals surface area contributed by atoms with E-state index in [1.165, 1.54) is 6.42 Å². The average molecular weight is 475 g/mol. The smallest absolute Gasteiger partial charge is 0.255 e. The maximum atomic E-state index is 12.7. The highest BCUT2D eigenvalue weighted by Gasteiger charge is 2.26. The molecule has 4 rings (SSSR count). The van der Waals surface area contributed by atoms with Crippen LogP contribution in [0.25, 0.3) is 0 Å². The third-order valence-corrected chi connectivity index (χ3v) is 6.70. The molecule has 0 atom stereocenters. The predicted molar refractivity (Wildman–Crippen MR) is 129 cm³/mol. The zero-order valence-electron chi connectivity index (χ0n) is 18.0. The Morgan fingerprint density at radius 1 is 1.00 bits per heavy atom. The molecule has 0 saturated carbocycles. The van der Waals surface area contributed by atoms with Crippen LogP contribution in [0.5, 0.6) is 0 Å². The fraction of sp³-hybridized carbons (Fsp3) is 0.458. The van der Waals surface area contributed by atoms with Crippen molar-refractivity contribution in [1.82, 2.24) is 9.88 Å². The van der Waals surface area contributed by atoms with E-state index >= 15 is 0 Å². The fourth-order valence-corrected chi connectivity index (χ4v) is 4.82. The number of halogens is 2. The fourth-order valence-electron chi connectivity index (χ4n) is 4.47. The van der Waals surface area contributed by atoms with Gasteiger partial charge in [-0.2, -0.15) is 0 Å². The van der Waals surface area contributed by atoms with Gasteiger partial charge in [0.25, 0.3) is 5.91 Å². The highest BCUT2D eigenvalue weighted by atomic mass is 35.5. The van der Waals surface area contributed by atoms with E-state index in [0.29, 0.717) is 45.4 Å². The van der Waals surface area contributed by atoms with Crippen LogP contribution in [0, 0.1) is 5.92 Å². The Bertz CT molecular complexity index is 970. The number of pyridine rings is 1. The Labute approximate surface area is 198 Å². The molecule has 2 aliphatic heterocycles. The summed E-state index contributed by atoms with van der Waals surface area (Å²) in [5, 5.41) is 3.89. The maximum absolute atomic E-state index is 12.7. The first-order chi connectivity index (χ1) is 15.5. The lowest BCUT2D eigenvalue weighted by molar-refractivity contribution is -0.133. The van der Waals surface area contributed by atoms with Crippen LogP contribution in [0.4, 0.5) is 11.5 Å². The summed E-state index contributed by atoms with van der Waals surface area (Å²) in [6, 6.07) is 8.52. The second kappa shape index (κ2) is 10.5. The molecule has 1 aromatic heterocycles. The summed E-state index contributed by atoms with van der Waals surface area (Å²) in [4.78, 5) is 34.0. The lowest BCUT2D eigenvalue weighted by Crippen LogP contribution is -2.39. The number of amides is 2. The Hall–Kier alpha value is -2.31. The minimum absolute atomic E-state index is 0.264. The number of hydrogen-bond acceptors (Lipinski definition) is 4.